The fraction of sp³-hybridized carbons (Fsp3) is 1.00. The highest BCUT2D eigenvalue weighted by Crippen LogP contribution is 2.11. The lowest BCUT2D eigenvalue weighted by Gasteiger charge is -2.22. The van der Waals surface area contributed by atoms with Crippen molar-refractivity contribution >= 4 is 11.8 Å². The molecule has 0 amide bonds. The molecule has 1 heterocycles. The molecule has 13 heavy (non-hydrogen) atoms. The lowest BCUT2D eigenvalue weighted by atomic mass is 9.99. The second-order valence-corrected chi connectivity index (χ2v) is 4.86. The van der Waals surface area contributed by atoms with E-state index in [1.54, 1.807) is 0 Å². The molecule has 2 nitrogen and oxygen atoms in total. The molecule has 0 saturated carbocycles. The van der Waals surface area contributed by atoms with Crippen molar-refractivity contribution in [1.29, 1.82) is 0 Å². The van der Waals surface area contributed by atoms with Gasteiger partial charge in [0, 0.05) is 12.4 Å². The van der Waals surface area contributed by atoms with E-state index in [0.717, 1.165) is 24.9 Å². The largest absolute Gasteiger partial charge is 0.380 e. The molecule has 0 aromatic carbocycles. The molecule has 1 saturated heterocycles. The molecule has 0 spiro atoms. The Morgan fingerprint density at radius 3 is 2.85 bits per heavy atom. The Kier molecular flexibility index (Phi) is 6.68. The van der Waals surface area contributed by atoms with E-state index in [9.17, 15) is 0 Å². The van der Waals surface area contributed by atoms with E-state index in [0.29, 0.717) is 0 Å². The van der Waals surface area contributed by atoms with Crippen molar-refractivity contribution in [3.05, 3.63) is 0 Å². The standard InChI is InChI=1S/C10H21NOS/c1-2-13-8-7-12-9-10-3-5-11-6-4-10/h10-11H,2-9H2,1H3. The Morgan fingerprint density at radius 1 is 1.38 bits per heavy atom. The summed E-state index contributed by atoms with van der Waals surface area (Å²) in [5, 5.41) is 3.37. The van der Waals surface area contributed by atoms with Crippen molar-refractivity contribution < 1.29 is 4.74 Å². The molecule has 0 aromatic heterocycles. The minimum atomic E-state index is 0.813. The minimum Gasteiger partial charge on any atom is -0.380 e. The van der Waals surface area contributed by atoms with E-state index in [2.05, 4.69) is 12.2 Å². The van der Waals surface area contributed by atoms with Crippen LogP contribution in [0.15, 0.2) is 0 Å². The summed E-state index contributed by atoms with van der Waals surface area (Å²) in [7, 11) is 0. The van der Waals surface area contributed by atoms with Crippen molar-refractivity contribution in [3.63, 3.8) is 0 Å². The van der Waals surface area contributed by atoms with Crippen molar-refractivity contribution in [1.82, 2.24) is 5.32 Å². The second-order valence-electron chi connectivity index (χ2n) is 3.47. The summed E-state index contributed by atoms with van der Waals surface area (Å²) in [5.74, 6) is 3.17. The Morgan fingerprint density at radius 2 is 2.15 bits per heavy atom. The first-order valence-electron chi connectivity index (χ1n) is 5.29. The number of piperidine rings is 1. The van der Waals surface area contributed by atoms with Gasteiger partial charge in [0.1, 0.15) is 0 Å². The SMILES string of the molecule is CCSCCOCC1CCNCC1. The molecule has 0 radical (unpaired) electrons. The molecule has 0 atom stereocenters. The zero-order chi connectivity index (χ0) is 9.36. The molecular weight excluding hydrogens is 182 g/mol. The van der Waals surface area contributed by atoms with Crippen molar-refractivity contribution in [3.8, 4) is 0 Å². The summed E-state index contributed by atoms with van der Waals surface area (Å²) in [6.07, 6.45) is 2.59. The van der Waals surface area contributed by atoms with Crippen LogP contribution in [-0.2, 0) is 4.74 Å². The third kappa shape index (κ3) is 5.55. The van der Waals surface area contributed by atoms with E-state index < -0.39 is 0 Å². The monoisotopic (exact) mass is 203 g/mol. The average Bonchev–Trinajstić information content (AvgIpc) is 2.19. The molecule has 1 N–H and O–H groups in total. The molecule has 1 rings (SSSR count). The van der Waals surface area contributed by atoms with E-state index in [1.165, 1.54) is 31.7 Å². The van der Waals surface area contributed by atoms with Gasteiger partial charge in [0.2, 0.25) is 0 Å². The molecule has 1 fully saturated rings. The van der Waals surface area contributed by atoms with Crippen LogP contribution in [0.4, 0.5) is 0 Å². The number of nitrogens with one attached hydrogen (secondary N) is 1. The highest BCUT2D eigenvalue weighted by Gasteiger charge is 2.12. The van der Waals surface area contributed by atoms with Crippen molar-refractivity contribution in [2.75, 3.05) is 37.8 Å². The van der Waals surface area contributed by atoms with Crippen LogP contribution in [0.5, 0.6) is 0 Å². The summed E-state index contributed by atoms with van der Waals surface area (Å²) >= 11 is 1.96. The van der Waals surface area contributed by atoms with Crippen molar-refractivity contribution in [2.45, 2.75) is 19.8 Å². The summed E-state index contributed by atoms with van der Waals surface area (Å²) < 4.78 is 5.63. The first-order valence-corrected chi connectivity index (χ1v) is 6.45. The summed E-state index contributed by atoms with van der Waals surface area (Å²) in [4.78, 5) is 0. The topological polar surface area (TPSA) is 21.3 Å². The quantitative estimate of drug-likeness (QED) is 0.665. The molecule has 0 bridgehead atoms. The third-order valence-electron chi connectivity index (χ3n) is 2.39. The van der Waals surface area contributed by atoms with Gasteiger partial charge in [0.05, 0.1) is 6.61 Å². The van der Waals surface area contributed by atoms with Crippen LogP contribution >= 0.6 is 11.8 Å². The van der Waals surface area contributed by atoms with Crippen LogP contribution in [0, 0.1) is 5.92 Å². The summed E-state index contributed by atoms with van der Waals surface area (Å²) in [6, 6.07) is 0. The predicted octanol–water partition coefficient (Wildman–Crippen LogP) is 1.76. The van der Waals surface area contributed by atoms with Crippen LogP contribution in [-0.4, -0.2) is 37.8 Å². The summed E-state index contributed by atoms with van der Waals surface area (Å²) in [5.41, 5.74) is 0. The van der Waals surface area contributed by atoms with Crippen LogP contribution in [0.1, 0.15) is 19.8 Å². The van der Waals surface area contributed by atoms with Crippen molar-refractivity contribution in [2.24, 2.45) is 5.92 Å². The van der Waals surface area contributed by atoms with Gasteiger partial charge in [-0.1, -0.05) is 6.92 Å². The molecule has 0 aromatic rings. The van der Waals surface area contributed by atoms with Gasteiger partial charge in [-0.15, -0.1) is 0 Å². The van der Waals surface area contributed by atoms with Crippen LogP contribution in [0.25, 0.3) is 0 Å². The Labute approximate surface area is 85.8 Å². The summed E-state index contributed by atoms with van der Waals surface area (Å²) in [6.45, 7) is 6.46. The lowest BCUT2D eigenvalue weighted by Crippen LogP contribution is -2.30. The van der Waals surface area contributed by atoms with Gasteiger partial charge in [-0.3, -0.25) is 0 Å². The number of hydrogen-bond acceptors (Lipinski definition) is 3. The smallest absolute Gasteiger partial charge is 0.0556 e. The molecule has 3 heteroatoms. The van der Waals surface area contributed by atoms with Crippen LogP contribution in [0.3, 0.4) is 0 Å². The van der Waals surface area contributed by atoms with E-state index in [-0.39, 0.29) is 0 Å². The number of rotatable bonds is 6. The molecule has 0 aliphatic carbocycles. The molecular formula is C10H21NOS. The zero-order valence-corrected chi connectivity index (χ0v) is 9.37. The Balaban J connectivity index is 1.86. The van der Waals surface area contributed by atoms with Gasteiger partial charge in [-0.2, -0.15) is 11.8 Å². The zero-order valence-electron chi connectivity index (χ0n) is 8.55. The maximum atomic E-state index is 5.63. The minimum absolute atomic E-state index is 0.813. The maximum absolute atomic E-state index is 5.63. The van der Waals surface area contributed by atoms with Crippen LogP contribution < -0.4 is 5.32 Å². The number of thioether (sulfide) groups is 1. The highest BCUT2D eigenvalue weighted by atomic mass is 32.2. The third-order valence-corrected chi connectivity index (χ3v) is 3.25. The maximum Gasteiger partial charge on any atom is 0.0556 e. The Hall–Kier alpha value is 0.270. The van der Waals surface area contributed by atoms with Gasteiger partial charge in [-0.05, 0) is 37.6 Å². The fourth-order valence-electron chi connectivity index (χ4n) is 1.56. The Bertz CT molecular complexity index is 115. The van der Waals surface area contributed by atoms with Gasteiger partial charge < -0.3 is 10.1 Å². The first kappa shape index (κ1) is 11.3. The van der Waals surface area contributed by atoms with Crippen LogP contribution in [0.2, 0.25) is 0 Å². The first-order chi connectivity index (χ1) is 6.43. The lowest BCUT2D eigenvalue weighted by molar-refractivity contribution is 0.0996. The number of ether oxygens (including phenoxy) is 1. The normalized spacial score (nSPS) is 19.2. The van der Waals surface area contributed by atoms with E-state index >= 15 is 0 Å². The van der Waals surface area contributed by atoms with Gasteiger partial charge in [-0.25, -0.2) is 0 Å². The number of hydrogen-bond donors (Lipinski definition) is 1. The predicted molar refractivity (Wildman–Crippen MR) is 59.4 cm³/mol. The van der Waals surface area contributed by atoms with Gasteiger partial charge in [0.25, 0.3) is 0 Å². The molecule has 78 valence electrons. The molecule has 1 aliphatic heterocycles. The van der Waals surface area contributed by atoms with Gasteiger partial charge >= 0.3 is 0 Å². The fourth-order valence-corrected chi connectivity index (χ4v) is 2.08. The highest BCUT2D eigenvalue weighted by molar-refractivity contribution is 7.99. The molecule has 1 aliphatic rings. The average molecular weight is 203 g/mol. The van der Waals surface area contributed by atoms with E-state index in [1.807, 2.05) is 11.8 Å². The molecule has 0 unspecified atom stereocenters. The van der Waals surface area contributed by atoms with E-state index in [4.69, 9.17) is 4.74 Å². The van der Waals surface area contributed by atoms with Gasteiger partial charge in [0.15, 0.2) is 0 Å². The second kappa shape index (κ2) is 7.65.